The lowest BCUT2D eigenvalue weighted by atomic mass is 10.0. The predicted molar refractivity (Wildman–Crippen MR) is 89.2 cm³/mol. The van der Waals surface area contributed by atoms with Gasteiger partial charge >= 0.3 is 0 Å². The summed E-state index contributed by atoms with van der Waals surface area (Å²) in [7, 11) is 1.71. The van der Waals surface area contributed by atoms with Crippen molar-refractivity contribution < 1.29 is 4.74 Å². The van der Waals surface area contributed by atoms with Crippen LogP contribution >= 0.6 is 0 Å². The average molecular weight is 307 g/mol. The van der Waals surface area contributed by atoms with Crippen molar-refractivity contribution in [2.75, 3.05) is 33.4 Å². The number of rotatable bonds is 8. The van der Waals surface area contributed by atoms with Gasteiger partial charge in [-0.15, -0.1) is 0 Å². The Morgan fingerprint density at radius 3 is 2.86 bits per heavy atom. The smallest absolute Gasteiger partial charge is 0.255 e. The maximum absolute atomic E-state index is 12.8. The normalized spacial score (nSPS) is 15.0. The molecule has 124 valence electrons. The lowest BCUT2D eigenvalue weighted by molar-refractivity contribution is 0.188. The van der Waals surface area contributed by atoms with Gasteiger partial charge in [-0.3, -0.25) is 9.69 Å². The van der Waals surface area contributed by atoms with E-state index in [1.807, 2.05) is 4.57 Å². The Balaban J connectivity index is 2.33. The Labute approximate surface area is 133 Å². The molecule has 0 amide bonds. The first kappa shape index (κ1) is 17.2. The third kappa shape index (κ3) is 3.97. The second-order valence-electron chi connectivity index (χ2n) is 5.84. The topological polar surface area (TPSA) is 46.5 Å². The fourth-order valence-electron chi connectivity index (χ4n) is 3.10. The van der Waals surface area contributed by atoms with Crippen LogP contribution in [0, 0.1) is 0 Å². The molecule has 0 atom stereocenters. The maximum atomic E-state index is 12.8. The van der Waals surface area contributed by atoms with Crippen molar-refractivity contribution in [2.24, 2.45) is 0 Å². The first-order valence-electron chi connectivity index (χ1n) is 8.37. The number of likely N-dealkylation sites (N-methyl/N-ethyl adjacent to an activating group) is 1. The summed E-state index contributed by atoms with van der Waals surface area (Å²) in [6, 6.07) is 2.12. The standard InChI is InChI=1S/C17H29N3O2/c1-4-18-12-14-11-15-13-19(5-2)9-7-16(15)20(17(14)21)8-6-10-22-3/h11,18H,4-10,12-13H2,1-3H3. The van der Waals surface area contributed by atoms with Crippen LogP contribution in [0.15, 0.2) is 10.9 Å². The molecule has 0 fully saturated rings. The highest BCUT2D eigenvalue weighted by Crippen LogP contribution is 2.19. The van der Waals surface area contributed by atoms with E-state index in [0.29, 0.717) is 13.2 Å². The molecule has 5 heteroatoms. The van der Waals surface area contributed by atoms with E-state index in [9.17, 15) is 4.79 Å². The number of hydrogen-bond acceptors (Lipinski definition) is 4. The van der Waals surface area contributed by atoms with Crippen LogP contribution in [0.3, 0.4) is 0 Å². The molecule has 0 radical (unpaired) electrons. The van der Waals surface area contributed by atoms with Gasteiger partial charge in [0, 0.05) is 57.6 Å². The zero-order chi connectivity index (χ0) is 15.9. The van der Waals surface area contributed by atoms with Crippen LogP contribution in [0.25, 0.3) is 0 Å². The molecule has 2 heterocycles. The average Bonchev–Trinajstić information content (AvgIpc) is 2.54. The molecule has 1 aromatic heterocycles. The zero-order valence-corrected chi connectivity index (χ0v) is 14.2. The second kappa shape index (κ2) is 8.46. The fourth-order valence-corrected chi connectivity index (χ4v) is 3.10. The van der Waals surface area contributed by atoms with Crippen molar-refractivity contribution in [1.29, 1.82) is 0 Å². The van der Waals surface area contributed by atoms with Crippen LogP contribution in [0.4, 0.5) is 0 Å². The van der Waals surface area contributed by atoms with E-state index in [2.05, 4.69) is 30.1 Å². The number of hydrogen-bond donors (Lipinski definition) is 1. The maximum Gasteiger partial charge on any atom is 0.255 e. The van der Waals surface area contributed by atoms with Gasteiger partial charge in [0.05, 0.1) is 0 Å². The largest absolute Gasteiger partial charge is 0.385 e. The second-order valence-corrected chi connectivity index (χ2v) is 5.84. The molecule has 2 rings (SSSR count). The van der Waals surface area contributed by atoms with Crippen LogP contribution in [-0.2, 0) is 30.8 Å². The highest BCUT2D eigenvalue weighted by Gasteiger charge is 2.20. The van der Waals surface area contributed by atoms with Crippen LogP contribution in [0.1, 0.15) is 37.1 Å². The van der Waals surface area contributed by atoms with Crippen LogP contribution in [0.5, 0.6) is 0 Å². The van der Waals surface area contributed by atoms with Gasteiger partial charge in [-0.2, -0.15) is 0 Å². The number of ether oxygens (including phenoxy) is 1. The van der Waals surface area contributed by atoms with Crippen LogP contribution in [0.2, 0.25) is 0 Å². The molecule has 0 saturated carbocycles. The Bertz CT molecular complexity index is 539. The Morgan fingerprint density at radius 2 is 2.18 bits per heavy atom. The monoisotopic (exact) mass is 307 g/mol. The first-order valence-corrected chi connectivity index (χ1v) is 8.37. The van der Waals surface area contributed by atoms with Crippen molar-refractivity contribution in [1.82, 2.24) is 14.8 Å². The van der Waals surface area contributed by atoms with Gasteiger partial charge in [0.2, 0.25) is 0 Å². The van der Waals surface area contributed by atoms with Crippen molar-refractivity contribution in [3.05, 3.63) is 33.2 Å². The number of aromatic nitrogens is 1. The molecule has 0 aliphatic carbocycles. The summed E-state index contributed by atoms with van der Waals surface area (Å²) in [5.41, 5.74) is 3.60. The van der Waals surface area contributed by atoms with Gasteiger partial charge in [0.15, 0.2) is 0 Å². The number of fused-ring (bicyclic) bond motifs is 1. The summed E-state index contributed by atoms with van der Waals surface area (Å²) in [6.07, 6.45) is 1.85. The number of pyridine rings is 1. The van der Waals surface area contributed by atoms with E-state index in [0.717, 1.165) is 51.1 Å². The summed E-state index contributed by atoms with van der Waals surface area (Å²) in [6.45, 7) is 10.3. The van der Waals surface area contributed by atoms with Crippen LogP contribution in [-0.4, -0.2) is 42.8 Å². The summed E-state index contributed by atoms with van der Waals surface area (Å²) in [4.78, 5) is 15.2. The molecule has 0 aromatic carbocycles. The van der Waals surface area contributed by atoms with E-state index in [-0.39, 0.29) is 5.56 Å². The summed E-state index contributed by atoms with van der Waals surface area (Å²) >= 11 is 0. The number of methoxy groups -OCH3 is 1. The van der Waals surface area contributed by atoms with Crippen molar-refractivity contribution >= 4 is 0 Å². The molecule has 0 bridgehead atoms. The summed E-state index contributed by atoms with van der Waals surface area (Å²) in [5.74, 6) is 0. The highest BCUT2D eigenvalue weighted by atomic mass is 16.5. The molecule has 0 unspecified atom stereocenters. The zero-order valence-electron chi connectivity index (χ0n) is 14.2. The highest BCUT2D eigenvalue weighted by molar-refractivity contribution is 5.29. The van der Waals surface area contributed by atoms with E-state index >= 15 is 0 Å². The molecule has 1 aliphatic rings. The minimum atomic E-state index is 0.167. The van der Waals surface area contributed by atoms with Gasteiger partial charge in [-0.05, 0) is 31.1 Å². The molecule has 0 spiro atoms. The van der Waals surface area contributed by atoms with Gasteiger partial charge in [0.25, 0.3) is 5.56 Å². The minimum absolute atomic E-state index is 0.167. The summed E-state index contributed by atoms with van der Waals surface area (Å²) in [5, 5.41) is 3.28. The molecule has 1 aromatic rings. The molecular formula is C17H29N3O2. The van der Waals surface area contributed by atoms with Gasteiger partial charge in [-0.1, -0.05) is 13.8 Å². The van der Waals surface area contributed by atoms with Gasteiger partial charge < -0.3 is 14.6 Å². The third-order valence-corrected chi connectivity index (χ3v) is 4.37. The molecule has 22 heavy (non-hydrogen) atoms. The van der Waals surface area contributed by atoms with Crippen molar-refractivity contribution in [3.8, 4) is 0 Å². The Morgan fingerprint density at radius 1 is 1.36 bits per heavy atom. The minimum Gasteiger partial charge on any atom is -0.385 e. The van der Waals surface area contributed by atoms with Crippen LogP contribution < -0.4 is 10.9 Å². The quantitative estimate of drug-likeness (QED) is 0.737. The lowest BCUT2D eigenvalue weighted by Crippen LogP contribution is -2.37. The van der Waals surface area contributed by atoms with E-state index in [4.69, 9.17) is 4.74 Å². The van der Waals surface area contributed by atoms with Gasteiger partial charge in [0.1, 0.15) is 0 Å². The molecule has 1 N–H and O–H groups in total. The lowest BCUT2D eigenvalue weighted by Gasteiger charge is -2.30. The summed E-state index contributed by atoms with van der Waals surface area (Å²) < 4.78 is 7.14. The number of nitrogens with one attached hydrogen (secondary N) is 1. The molecule has 1 aliphatic heterocycles. The molecule has 5 nitrogen and oxygen atoms in total. The number of nitrogens with zero attached hydrogens (tertiary/aromatic N) is 2. The van der Waals surface area contributed by atoms with Crippen molar-refractivity contribution in [2.45, 2.75) is 46.3 Å². The molecule has 0 saturated heterocycles. The predicted octanol–water partition coefficient (Wildman–Crippen LogP) is 1.37. The third-order valence-electron chi connectivity index (χ3n) is 4.37. The van der Waals surface area contributed by atoms with Crippen molar-refractivity contribution in [3.63, 3.8) is 0 Å². The fraction of sp³-hybridized carbons (Fsp3) is 0.706. The van der Waals surface area contributed by atoms with Gasteiger partial charge in [-0.25, -0.2) is 0 Å². The Hall–Kier alpha value is -1.17. The van der Waals surface area contributed by atoms with E-state index in [1.54, 1.807) is 7.11 Å². The van der Waals surface area contributed by atoms with E-state index < -0.39 is 0 Å². The van der Waals surface area contributed by atoms with E-state index in [1.165, 1.54) is 11.3 Å². The Kier molecular flexibility index (Phi) is 6.61. The first-order chi connectivity index (χ1) is 10.7. The SMILES string of the molecule is CCNCc1cc2c(n(CCCOC)c1=O)CCN(CC)C2. The molecular weight excluding hydrogens is 278 g/mol.